The highest BCUT2D eigenvalue weighted by Crippen LogP contribution is 2.25. The molecule has 112 valence electrons. The number of carboxylic acids is 1. The lowest BCUT2D eigenvalue weighted by molar-refractivity contribution is -0.138. The molecule has 1 atom stereocenters. The number of hydrogen-bond acceptors (Lipinski definition) is 3. The van der Waals surface area contributed by atoms with E-state index in [4.69, 9.17) is 5.11 Å². The Morgan fingerprint density at radius 3 is 2.76 bits per heavy atom. The Hall–Kier alpha value is -2.37. The van der Waals surface area contributed by atoms with Crippen LogP contribution in [0.4, 0.5) is 5.69 Å². The number of anilines is 1. The highest BCUT2D eigenvalue weighted by Gasteiger charge is 2.25. The Balaban J connectivity index is 2.27. The number of carbonyl (C=O) groups is 3. The fraction of sp³-hybridized carbons (Fsp3) is 0.400. The average molecular weight is 290 g/mol. The largest absolute Gasteiger partial charge is 0.480 e. The summed E-state index contributed by atoms with van der Waals surface area (Å²) in [5, 5.41) is 11.7. The number of amides is 2. The second-order valence-corrected chi connectivity index (χ2v) is 5.18. The molecule has 6 heteroatoms. The lowest BCUT2D eigenvalue weighted by Crippen LogP contribution is -2.41. The van der Waals surface area contributed by atoms with Crippen molar-refractivity contribution in [3.8, 4) is 0 Å². The average Bonchev–Trinajstić information content (AvgIpc) is 2.81. The molecule has 0 spiro atoms. The van der Waals surface area contributed by atoms with Gasteiger partial charge in [-0.1, -0.05) is 13.0 Å². The monoisotopic (exact) mass is 290 g/mol. The summed E-state index contributed by atoms with van der Waals surface area (Å²) in [5.41, 5.74) is 1.87. The molecule has 2 amide bonds. The summed E-state index contributed by atoms with van der Waals surface area (Å²) >= 11 is 0. The van der Waals surface area contributed by atoms with E-state index in [0.29, 0.717) is 24.1 Å². The van der Waals surface area contributed by atoms with E-state index in [9.17, 15) is 14.4 Å². The third-order valence-corrected chi connectivity index (χ3v) is 3.67. The van der Waals surface area contributed by atoms with Gasteiger partial charge in [-0.2, -0.15) is 0 Å². The predicted octanol–water partition coefficient (Wildman–Crippen LogP) is 1.51. The molecule has 6 nitrogen and oxygen atoms in total. The van der Waals surface area contributed by atoms with E-state index in [0.717, 1.165) is 5.56 Å². The first kappa shape index (κ1) is 15.0. The molecular formula is C15H18N2O4. The van der Waals surface area contributed by atoms with Gasteiger partial charge in [-0.3, -0.25) is 14.4 Å². The van der Waals surface area contributed by atoms with E-state index in [1.165, 1.54) is 4.90 Å². The molecule has 0 fully saturated rings. The van der Waals surface area contributed by atoms with Crippen molar-refractivity contribution in [3.05, 3.63) is 29.3 Å². The molecule has 1 aromatic rings. The number of nitrogens with zero attached hydrogens (tertiary/aromatic N) is 1. The summed E-state index contributed by atoms with van der Waals surface area (Å²) in [6.45, 7) is 3.38. The van der Waals surface area contributed by atoms with Crippen LogP contribution in [-0.4, -0.2) is 40.4 Å². The Morgan fingerprint density at radius 1 is 1.43 bits per heavy atom. The van der Waals surface area contributed by atoms with Crippen LogP contribution < -0.4 is 5.32 Å². The molecule has 0 aromatic heterocycles. The maximum absolute atomic E-state index is 12.5. The Kier molecular flexibility index (Phi) is 4.26. The van der Waals surface area contributed by atoms with E-state index in [1.54, 1.807) is 18.2 Å². The molecule has 0 radical (unpaired) electrons. The summed E-state index contributed by atoms with van der Waals surface area (Å²) in [7, 11) is 0. The number of benzene rings is 1. The highest BCUT2D eigenvalue weighted by molar-refractivity contribution is 6.02. The van der Waals surface area contributed by atoms with Crippen LogP contribution in [-0.2, 0) is 16.0 Å². The van der Waals surface area contributed by atoms with Crippen LogP contribution in [0.15, 0.2) is 18.2 Å². The van der Waals surface area contributed by atoms with Gasteiger partial charge in [0.05, 0.1) is 6.42 Å². The van der Waals surface area contributed by atoms with E-state index in [1.807, 2.05) is 13.8 Å². The van der Waals surface area contributed by atoms with E-state index in [-0.39, 0.29) is 24.4 Å². The molecule has 1 heterocycles. The molecule has 21 heavy (non-hydrogen) atoms. The van der Waals surface area contributed by atoms with E-state index in [2.05, 4.69) is 5.32 Å². The summed E-state index contributed by atoms with van der Waals surface area (Å²) in [5.74, 6) is -1.48. The van der Waals surface area contributed by atoms with Crippen LogP contribution in [0.5, 0.6) is 0 Å². The SMILES string of the molecule is CCC(C)N(CC(=O)O)C(=O)c1ccc2c(c1)NC(=O)C2. The smallest absolute Gasteiger partial charge is 0.323 e. The number of aliphatic carboxylic acids is 1. The summed E-state index contributed by atoms with van der Waals surface area (Å²) < 4.78 is 0. The number of fused-ring (bicyclic) bond motifs is 1. The lowest BCUT2D eigenvalue weighted by atomic mass is 10.1. The van der Waals surface area contributed by atoms with Gasteiger partial charge in [-0.25, -0.2) is 0 Å². The molecule has 0 saturated heterocycles. The van der Waals surface area contributed by atoms with Crippen LogP contribution in [0.2, 0.25) is 0 Å². The quantitative estimate of drug-likeness (QED) is 0.860. The van der Waals surface area contributed by atoms with Crippen LogP contribution >= 0.6 is 0 Å². The van der Waals surface area contributed by atoms with Crippen molar-refractivity contribution < 1.29 is 19.5 Å². The number of nitrogens with one attached hydrogen (secondary N) is 1. The minimum Gasteiger partial charge on any atom is -0.480 e. The first-order valence-corrected chi connectivity index (χ1v) is 6.88. The summed E-state index contributed by atoms with van der Waals surface area (Å²) in [6.07, 6.45) is 0.981. The zero-order valence-electron chi connectivity index (χ0n) is 12.0. The lowest BCUT2D eigenvalue weighted by Gasteiger charge is -2.27. The molecule has 1 aromatic carbocycles. The maximum Gasteiger partial charge on any atom is 0.323 e. The molecule has 1 aliphatic heterocycles. The van der Waals surface area contributed by atoms with Gasteiger partial charge in [-0.05, 0) is 31.0 Å². The van der Waals surface area contributed by atoms with Gasteiger partial charge in [-0.15, -0.1) is 0 Å². The zero-order valence-corrected chi connectivity index (χ0v) is 12.0. The topological polar surface area (TPSA) is 86.7 Å². The van der Waals surface area contributed by atoms with Crippen molar-refractivity contribution in [1.29, 1.82) is 0 Å². The Bertz CT molecular complexity index is 597. The Morgan fingerprint density at radius 2 is 2.14 bits per heavy atom. The van der Waals surface area contributed by atoms with Crippen LogP contribution in [0.3, 0.4) is 0 Å². The fourth-order valence-electron chi connectivity index (χ4n) is 2.31. The van der Waals surface area contributed by atoms with Gasteiger partial charge in [0.1, 0.15) is 6.54 Å². The minimum atomic E-state index is -1.04. The number of carboxylic acid groups (broad SMARTS) is 1. The van der Waals surface area contributed by atoms with Gasteiger partial charge in [0.2, 0.25) is 5.91 Å². The third kappa shape index (κ3) is 3.21. The van der Waals surface area contributed by atoms with Crippen LogP contribution in [0.25, 0.3) is 0 Å². The first-order chi connectivity index (χ1) is 9.92. The van der Waals surface area contributed by atoms with Gasteiger partial charge < -0.3 is 15.3 Å². The zero-order chi connectivity index (χ0) is 15.6. The first-order valence-electron chi connectivity index (χ1n) is 6.88. The molecule has 0 aliphatic carbocycles. The molecule has 1 aliphatic rings. The summed E-state index contributed by atoms with van der Waals surface area (Å²) in [4.78, 5) is 36.1. The van der Waals surface area contributed by atoms with Crippen molar-refractivity contribution >= 4 is 23.5 Å². The molecular weight excluding hydrogens is 272 g/mol. The summed E-state index contributed by atoms with van der Waals surface area (Å²) in [6, 6.07) is 4.81. The highest BCUT2D eigenvalue weighted by atomic mass is 16.4. The molecule has 0 saturated carbocycles. The molecule has 1 unspecified atom stereocenters. The number of hydrogen-bond donors (Lipinski definition) is 2. The second-order valence-electron chi connectivity index (χ2n) is 5.18. The van der Waals surface area contributed by atoms with E-state index >= 15 is 0 Å². The second kappa shape index (κ2) is 5.95. The van der Waals surface area contributed by atoms with Crippen molar-refractivity contribution in [1.82, 2.24) is 4.90 Å². The minimum absolute atomic E-state index is 0.0982. The van der Waals surface area contributed by atoms with Gasteiger partial charge in [0.15, 0.2) is 0 Å². The van der Waals surface area contributed by atoms with Gasteiger partial charge >= 0.3 is 5.97 Å². The fourth-order valence-corrected chi connectivity index (χ4v) is 2.31. The predicted molar refractivity (Wildman–Crippen MR) is 77.2 cm³/mol. The van der Waals surface area contributed by atoms with E-state index < -0.39 is 5.97 Å². The van der Waals surface area contributed by atoms with Gasteiger partial charge in [0.25, 0.3) is 5.91 Å². The Labute approximate surface area is 122 Å². The van der Waals surface area contributed by atoms with Crippen molar-refractivity contribution in [2.45, 2.75) is 32.7 Å². The number of rotatable bonds is 5. The van der Waals surface area contributed by atoms with Crippen molar-refractivity contribution in [2.24, 2.45) is 0 Å². The third-order valence-electron chi connectivity index (χ3n) is 3.67. The van der Waals surface area contributed by atoms with Gasteiger partial charge in [0, 0.05) is 17.3 Å². The molecule has 2 N–H and O–H groups in total. The van der Waals surface area contributed by atoms with Crippen LogP contribution in [0, 0.1) is 0 Å². The van der Waals surface area contributed by atoms with Crippen LogP contribution in [0.1, 0.15) is 36.2 Å². The molecule has 0 bridgehead atoms. The van der Waals surface area contributed by atoms with Crippen molar-refractivity contribution in [2.75, 3.05) is 11.9 Å². The standard InChI is InChI=1S/C15H18N2O4/c1-3-9(2)17(8-14(19)20)15(21)11-5-4-10-7-13(18)16-12(10)6-11/h4-6,9H,3,7-8H2,1-2H3,(H,16,18)(H,19,20). The molecule has 2 rings (SSSR count). The normalized spacial score (nSPS) is 14.3. The number of carbonyl (C=O) groups excluding carboxylic acids is 2. The van der Waals surface area contributed by atoms with Crippen molar-refractivity contribution in [3.63, 3.8) is 0 Å². The maximum atomic E-state index is 12.5.